The second-order valence-corrected chi connectivity index (χ2v) is 10.9. The van der Waals surface area contributed by atoms with Crippen molar-refractivity contribution in [3.8, 4) is 11.1 Å². The minimum Gasteiger partial charge on any atom is -0.335 e. The van der Waals surface area contributed by atoms with Gasteiger partial charge < -0.3 is 4.90 Å². The summed E-state index contributed by atoms with van der Waals surface area (Å²) in [5.41, 5.74) is 4.16. The van der Waals surface area contributed by atoms with Gasteiger partial charge in [-0.25, -0.2) is 0 Å². The minimum absolute atomic E-state index is 0.0432. The number of carbonyl (C=O) groups is 2. The van der Waals surface area contributed by atoms with Crippen molar-refractivity contribution in [2.45, 2.75) is 52.0 Å². The summed E-state index contributed by atoms with van der Waals surface area (Å²) in [6, 6.07) is 27.7. The van der Waals surface area contributed by atoms with Crippen LogP contribution in [0.15, 0.2) is 91.1 Å². The van der Waals surface area contributed by atoms with Gasteiger partial charge in [0.05, 0.1) is 5.52 Å². The van der Waals surface area contributed by atoms with Gasteiger partial charge in [-0.15, -0.1) is 0 Å². The van der Waals surface area contributed by atoms with Crippen LogP contribution in [0.1, 0.15) is 66.7 Å². The van der Waals surface area contributed by atoms with E-state index in [1.54, 1.807) is 6.20 Å². The Morgan fingerprint density at radius 2 is 1.61 bits per heavy atom. The molecule has 0 saturated carbocycles. The molecule has 4 aromatic rings. The molecule has 0 aliphatic carbocycles. The van der Waals surface area contributed by atoms with Crippen molar-refractivity contribution in [2.75, 3.05) is 6.54 Å². The van der Waals surface area contributed by atoms with Gasteiger partial charge in [-0.1, -0.05) is 80.6 Å². The zero-order chi connectivity index (χ0) is 26.5. The van der Waals surface area contributed by atoms with Crippen LogP contribution in [0.2, 0.25) is 0 Å². The molecule has 2 heterocycles. The van der Waals surface area contributed by atoms with Crippen molar-refractivity contribution in [1.29, 1.82) is 0 Å². The number of ketones is 1. The number of benzene rings is 3. The number of hydrogen-bond donors (Lipinski definition) is 0. The summed E-state index contributed by atoms with van der Waals surface area (Å²) in [6.45, 7) is 5.24. The summed E-state index contributed by atoms with van der Waals surface area (Å²) < 4.78 is 0. The van der Waals surface area contributed by atoms with Crippen molar-refractivity contribution in [1.82, 2.24) is 9.88 Å². The van der Waals surface area contributed by atoms with Gasteiger partial charge in [-0.2, -0.15) is 0 Å². The Balaban J connectivity index is 1.39. The molecule has 2 unspecified atom stereocenters. The first-order valence-corrected chi connectivity index (χ1v) is 13.8. The molecule has 0 radical (unpaired) electrons. The van der Waals surface area contributed by atoms with E-state index >= 15 is 0 Å². The fourth-order valence-electron chi connectivity index (χ4n) is 5.97. The molecule has 194 valence electrons. The minimum atomic E-state index is 0.0432. The highest BCUT2D eigenvalue weighted by Crippen LogP contribution is 2.33. The lowest BCUT2D eigenvalue weighted by Crippen LogP contribution is -2.47. The number of hydrogen-bond acceptors (Lipinski definition) is 3. The zero-order valence-electron chi connectivity index (χ0n) is 22.3. The van der Waals surface area contributed by atoms with Crippen LogP contribution < -0.4 is 0 Å². The van der Waals surface area contributed by atoms with E-state index < -0.39 is 0 Å². The van der Waals surface area contributed by atoms with Gasteiger partial charge in [-0.3, -0.25) is 14.6 Å². The van der Waals surface area contributed by atoms with Crippen LogP contribution in [-0.4, -0.2) is 34.2 Å². The highest BCUT2D eigenvalue weighted by Gasteiger charge is 2.33. The maximum Gasteiger partial charge on any atom is 0.254 e. The Morgan fingerprint density at radius 3 is 2.42 bits per heavy atom. The molecule has 4 heteroatoms. The third-order valence-electron chi connectivity index (χ3n) is 7.75. The van der Waals surface area contributed by atoms with Crippen molar-refractivity contribution in [2.24, 2.45) is 11.8 Å². The number of piperidine rings is 1. The highest BCUT2D eigenvalue weighted by atomic mass is 16.2. The normalized spacial score (nSPS) is 17.6. The summed E-state index contributed by atoms with van der Waals surface area (Å²) in [6.07, 6.45) is 5.93. The van der Waals surface area contributed by atoms with E-state index in [2.05, 4.69) is 35.9 Å². The van der Waals surface area contributed by atoms with Crippen LogP contribution in [-0.2, 0) is 0 Å². The number of nitrogens with zero attached hydrogens (tertiary/aromatic N) is 2. The summed E-state index contributed by atoms with van der Waals surface area (Å²) in [5, 5.41) is 0.974. The number of pyridine rings is 1. The number of para-hydroxylation sites is 1. The van der Waals surface area contributed by atoms with E-state index in [4.69, 9.17) is 0 Å². The van der Waals surface area contributed by atoms with E-state index in [0.717, 1.165) is 53.4 Å². The summed E-state index contributed by atoms with van der Waals surface area (Å²) in [4.78, 5) is 34.1. The predicted octanol–water partition coefficient (Wildman–Crippen LogP) is 7.83. The number of Topliss-reactive ketones (excluding diaryl/α,β-unsaturated/α-hetero) is 1. The van der Waals surface area contributed by atoms with Gasteiger partial charge >= 0.3 is 0 Å². The Kier molecular flexibility index (Phi) is 7.97. The maximum absolute atomic E-state index is 14.2. The quantitative estimate of drug-likeness (QED) is 0.230. The molecule has 2 atom stereocenters. The molecule has 1 saturated heterocycles. The molecule has 1 amide bonds. The molecule has 5 rings (SSSR count). The van der Waals surface area contributed by atoms with Crippen LogP contribution in [0, 0.1) is 11.8 Å². The lowest BCUT2D eigenvalue weighted by Gasteiger charge is -2.41. The molecule has 0 spiro atoms. The third kappa shape index (κ3) is 5.70. The van der Waals surface area contributed by atoms with Crippen molar-refractivity contribution < 1.29 is 9.59 Å². The number of amides is 1. The fraction of sp³-hybridized carbons (Fsp3) is 0.324. The number of likely N-dealkylation sites (tertiary alicyclic amines) is 1. The Bertz CT molecular complexity index is 1410. The average molecular weight is 505 g/mol. The molecule has 3 aromatic carbocycles. The molecule has 1 fully saturated rings. The summed E-state index contributed by atoms with van der Waals surface area (Å²) in [7, 11) is 0. The molecule has 0 N–H and O–H groups in total. The number of rotatable bonds is 8. The largest absolute Gasteiger partial charge is 0.335 e. The van der Waals surface area contributed by atoms with Gasteiger partial charge in [-0.05, 0) is 66.8 Å². The number of carbonyl (C=O) groups excluding carboxylic acids is 2. The lowest BCUT2D eigenvalue weighted by molar-refractivity contribution is 0.0487. The van der Waals surface area contributed by atoms with E-state index in [1.807, 2.05) is 72.8 Å². The first-order chi connectivity index (χ1) is 18.5. The standard InChI is InChI=1S/C34H36N2O2/c1-24(2)22-25-17-18-28(19-20-32(37)31-16-8-12-27-13-9-21-35-33(27)31)36(23-25)34(38)30-15-7-6-14-29(30)26-10-4-3-5-11-26/h3-16,21,24-25,28H,17-20,22-23H2,1-2H3. The first kappa shape index (κ1) is 25.8. The van der Waals surface area contributed by atoms with Crippen LogP contribution >= 0.6 is 0 Å². The molecular formula is C34H36N2O2. The van der Waals surface area contributed by atoms with Gasteiger partial charge in [0, 0.05) is 41.7 Å². The molecule has 4 nitrogen and oxygen atoms in total. The van der Waals surface area contributed by atoms with Crippen LogP contribution in [0.25, 0.3) is 22.0 Å². The van der Waals surface area contributed by atoms with E-state index in [1.165, 1.54) is 0 Å². The average Bonchev–Trinajstić information content (AvgIpc) is 2.95. The third-order valence-corrected chi connectivity index (χ3v) is 7.75. The summed E-state index contributed by atoms with van der Waals surface area (Å²) >= 11 is 0. The van der Waals surface area contributed by atoms with Crippen molar-refractivity contribution in [3.63, 3.8) is 0 Å². The Morgan fingerprint density at radius 1 is 0.868 bits per heavy atom. The fourth-order valence-corrected chi connectivity index (χ4v) is 5.97. The zero-order valence-corrected chi connectivity index (χ0v) is 22.3. The monoisotopic (exact) mass is 504 g/mol. The lowest BCUT2D eigenvalue weighted by atomic mass is 9.84. The molecule has 1 aromatic heterocycles. The van der Waals surface area contributed by atoms with Crippen LogP contribution in [0.4, 0.5) is 0 Å². The Labute approximate surface area is 225 Å². The van der Waals surface area contributed by atoms with Gasteiger partial charge in [0.1, 0.15) is 0 Å². The predicted molar refractivity (Wildman–Crippen MR) is 154 cm³/mol. The molecule has 1 aliphatic heterocycles. The van der Waals surface area contributed by atoms with E-state index in [-0.39, 0.29) is 17.7 Å². The molecule has 38 heavy (non-hydrogen) atoms. The van der Waals surface area contributed by atoms with Crippen molar-refractivity contribution >= 4 is 22.6 Å². The first-order valence-electron chi connectivity index (χ1n) is 13.8. The molecule has 0 bridgehead atoms. The van der Waals surface area contributed by atoms with E-state index in [0.29, 0.717) is 30.2 Å². The molecule has 1 aliphatic rings. The van der Waals surface area contributed by atoms with Crippen LogP contribution in [0.5, 0.6) is 0 Å². The van der Waals surface area contributed by atoms with E-state index in [9.17, 15) is 9.59 Å². The van der Waals surface area contributed by atoms with Gasteiger partial charge in [0.15, 0.2) is 5.78 Å². The van der Waals surface area contributed by atoms with Crippen LogP contribution in [0.3, 0.4) is 0 Å². The SMILES string of the molecule is CC(C)CC1CCC(CCC(=O)c2cccc3cccnc23)N(C(=O)c2ccccc2-c2ccccc2)C1. The Hall–Kier alpha value is -3.79. The smallest absolute Gasteiger partial charge is 0.254 e. The summed E-state index contributed by atoms with van der Waals surface area (Å²) in [5.74, 6) is 1.24. The second-order valence-electron chi connectivity index (χ2n) is 10.9. The molecular weight excluding hydrogens is 468 g/mol. The number of fused-ring (bicyclic) bond motifs is 1. The van der Waals surface area contributed by atoms with Gasteiger partial charge in [0.25, 0.3) is 5.91 Å². The van der Waals surface area contributed by atoms with Gasteiger partial charge in [0.2, 0.25) is 0 Å². The van der Waals surface area contributed by atoms with Crippen molar-refractivity contribution in [3.05, 3.63) is 102 Å². The number of aromatic nitrogens is 1. The highest BCUT2D eigenvalue weighted by molar-refractivity contribution is 6.06. The second kappa shape index (κ2) is 11.7. The maximum atomic E-state index is 14.2. The topological polar surface area (TPSA) is 50.3 Å².